The molecular weight excluding hydrogens is 382 g/mol. The second-order valence-electron chi connectivity index (χ2n) is 5.46. The van der Waals surface area contributed by atoms with Gasteiger partial charge < -0.3 is 4.57 Å². The summed E-state index contributed by atoms with van der Waals surface area (Å²) in [6.45, 7) is 2.28. The van der Waals surface area contributed by atoms with E-state index >= 15 is 0 Å². The molecular formula is C19H15N3O3S2. The Kier molecular flexibility index (Phi) is 5.74. The minimum Gasteiger partial charge on any atom is -0.305 e. The molecule has 0 aliphatic rings. The summed E-state index contributed by atoms with van der Waals surface area (Å²) in [5, 5.41) is 11.0. The van der Waals surface area contributed by atoms with Crippen molar-refractivity contribution in [2.45, 2.75) is 18.4 Å². The van der Waals surface area contributed by atoms with Crippen LogP contribution in [0.5, 0.6) is 0 Å². The largest absolute Gasteiger partial charge is 0.305 e. The summed E-state index contributed by atoms with van der Waals surface area (Å²) in [4.78, 5) is 28.8. The summed E-state index contributed by atoms with van der Waals surface area (Å²) in [5.74, 6) is 3.11. The van der Waals surface area contributed by atoms with Crippen molar-refractivity contribution in [3.8, 4) is 12.3 Å². The fourth-order valence-electron chi connectivity index (χ4n) is 2.52. The number of hydrogen-bond donors (Lipinski definition) is 0. The third-order valence-electron chi connectivity index (χ3n) is 3.74. The molecule has 136 valence electrons. The van der Waals surface area contributed by atoms with E-state index in [0.29, 0.717) is 20.6 Å². The second-order valence-corrected chi connectivity index (χ2v) is 7.80. The average Bonchev–Trinajstić information content (AvgIpc) is 2.99. The molecule has 8 heteroatoms. The number of amides is 1. The predicted molar refractivity (Wildman–Crippen MR) is 108 cm³/mol. The third-order valence-corrected chi connectivity index (χ3v) is 5.67. The molecule has 0 unspecified atom stereocenters. The number of carbonyl (C=O) groups excluding carboxylic acids is 1. The van der Waals surface area contributed by atoms with Crippen molar-refractivity contribution < 1.29 is 9.72 Å². The standard InChI is InChI=1S/C19H15N3O3S2/c1-3-11-21-16-10-7-14(22(24)25)12-17(16)27-19(21)20-18(23)13-5-8-15(9-6-13)26-4-2/h1,5-10,12H,4,11H2,2H3. The molecule has 1 aromatic heterocycles. The molecule has 0 atom stereocenters. The molecule has 0 fully saturated rings. The highest BCUT2D eigenvalue weighted by atomic mass is 32.2. The maximum atomic E-state index is 12.6. The number of hydrogen-bond acceptors (Lipinski definition) is 5. The van der Waals surface area contributed by atoms with Crippen LogP contribution in [0.3, 0.4) is 0 Å². The number of thioether (sulfide) groups is 1. The number of rotatable bonds is 5. The number of benzene rings is 2. The Morgan fingerprint density at radius 1 is 1.33 bits per heavy atom. The fourth-order valence-corrected chi connectivity index (χ4v) is 4.24. The SMILES string of the molecule is C#CCn1c(=NC(=O)c2ccc(SCC)cc2)sc2cc([N+](=O)[O-])ccc21. The molecule has 0 N–H and O–H groups in total. The highest BCUT2D eigenvalue weighted by Gasteiger charge is 2.13. The smallest absolute Gasteiger partial charge is 0.279 e. The van der Waals surface area contributed by atoms with E-state index in [4.69, 9.17) is 6.42 Å². The van der Waals surface area contributed by atoms with E-state index in [-0.39, 0.29) is 18.1 Å². The van der Waals surface area contributed by atoms with Gasteiger partial charge in [-0.3, -0.25) is 14.9 Å². The van der Waals surface area contributed by atoms with Gasteiger partial charge in [-0.1, -0.05) is 24.2 Å². The van der Waals surface area contributed by atoms with Crippen LogP contribution < -0.4 is 4.80 Å². The lowest BCUT2D eigenvalue weighted by Gasteiger charge is -2.01. The molecule has 1 amide bonds. The lowest BCUT2D eigenvalue weighted by Crippen LogP contribution is -2.16. The van der Waals surface area contributed by atoms with Gasteiger partial charge in [0.05, 0.1) is 21.7 Å². The van der Waals surface area contributed by atoms with E-state index < -0.39 is 4.92 Å². The molecule has 6 nitrogen and oxygen atoms in total. The van der Waals surface area contributed by atoms with Crippen molar-refractivity contribution in [2.75, 3.05) is 5.75 Å². The van der Waals surface area contributed by atoms with Crippen molar-refractivity contribution in [3.63, 3.8) is 0 Å². The molecule has 0 spiro atoms. The minimum absolute atomic E-state index is 0.0153. The van der Waals surface area contributed by atoms with Gasteiger partial charge in [-0.15, -0.1) is 18.2 Å². The molecule has 0 aliphatic carbocycles. The normalized spacial score (nSPS) is 11.5. The Morgan fingerprint density at radius 3 is 2.70 bits per heavy atom. The van der Waals surface area contributed by atoms with Gasteiger partial charge in [-0.05, 0) is 36.1 Å². The van der Waals surface area contributed by atoms with E-state index in [9.17, 15) is 14.9 Å². The molecule has 0 bridgehead atoms. The Hall–Kier alpha value is -2.89. The third kappa shape index (κ3) is 4.10. The van der Waals surface area contributed by atoms with Crippen molar-refractivity contribution >= 4 is 44.9 Å². The molecule has 3 aromatic rings. The van der Waals surface area contributed by atoms with Gasteiger partial charge in [0.2, 0.25) is 0 Å². The Morgan fingerprint density at radius 2 is 2.07 bits per heavy atom. The van der Waals surface area contributed by atoms with Crippen LogP contribution in [0, 0.1) is 22.5 Å². The number of nitro groups is 1. The summed E-state index contributed by atoms with van der Waals surface area (Å²) in [7, 11) is 0. The van der Waals surface area contributed by atoms with Crippen molar-refractivity contribution in [2.24, 2.45) is 4.99 Å². The zero-order valence-electron chi connectivity index (χ0n) is 14.4. The number of carbonyl (C=O) groups is 1. The van der Waals surface area contributed by atoms with Crippen LogP contribution in [0.15, 0.2) is 52.4 Å². The first-order chi connectivity index (χ1) is 13.0. The Labute approximate surface area is 163 Å². The van der Waals surface area contributed by atoms with Gasteiger partial charge in [0.25, 0.3) is 11.6 Å². The maximum Gasteiger partial charge on any atom is 0.279 e. The number of fused-ring (bicyclic) bond motifs is 1. The zero-order chi connectivity index (χ0) is 19.4. The van der Waals surface area contributed by atoms with E-state index in [1.165, 1.54) is 23.5 Å². The van der Waals surface area contributed by atoms with E-state index in [1.807, 2.05) is 12.1 Å². The lowest BCUT2D eigenvalue weighted by atomic mass is 10.2. The summed E-state index contributed by atoms with van der Waals surface area (Å²) in [6.07, 6.45) is 5.44. The number of terminal acetylenes is 1. The molecule has 3 rings (SSSR count). The quantitative estimate of drug-likeness (QED) is 0.281. The van der Waals surface area contributed by atoms with Crippen LogP contribution in [0.25, 0.3) is 10.2 Å². The van der Waals surface area contributed by atoms with Gasteiger partial charge in [-0.2, -0.15) is 4.99 Å². The van der Waals surface area contributed by atoms with Gasteiger partial charge in [0.15, 0.2) is 4.80 Å². The van der Waals surface area contributed by atoms with Crippen LogP contribution >= 0.6 is 23.1 Å². The lowest BCUT2D eigenvalue weighted by molar-refractivity contribution is -0.384. The summed E-state index contributed by atoms with van der Waals surface area (Å²) >= 11 is 2.90. The fraction of sp³-hybridized carbons (Fsp3) is 0.158. The van der Waals surface area contributed by atoms with Crippen molar-refractivity contribution in [1.82, 2.24) is 4.57 Å². The Balaban J connectivity index is 2.05. The summed E-state index contributed by atoms with van der Waals surface area (Å²) < 4.78 is 2.36. The van der Waals surface area contributed by atoms with Crippen molar-refractivity contribution in [1.29, 1.82) is 0 Å². The van der Waals surface area contributed by atoms with Crippen LogP contribution in [0.1, 0.15) is 17.3 Å². The average molecular weight is 397 g/mol. The highest BCUT2D eigenvalue weighted by Crippen LogP contribution is 2.23. The van der Waals surface area contributed by atoms with E-state index in [2.05, 4.69) is 17.8 Å². The molecule has 0 radical (unpaired) electrons. The molecule has 1 heterocycles. The summed E-state index contributed by atoms with van der Waals surface area (Å²) in [6, 6.07) is 11.8. The predicted octanol–water partition coefficient (Wildman–Crippen LogP) is 4.10. The van der Waals surface area contributed by atoms with Gasteiger partial charge in [0, 0.05) is 22.6 Å². The van der Waals surface area contributed by atoms with Gasteiger partial charge >= 0.3 is 0 Å². The number of aromatic nitrogens is 1. The monoisotopic (exact) mass is 397 g/mol. The number of non-ortho nitro benzene ring substituents is 1. The van der Waals surface area contributed by atoms with Gasteiger partial charge in [-0.25, -0.2) is 0 Å². The second kappa shape index (κ2) is 8.20. The van der Waals surface area contributed by atoms with Crippen LogP contribution in [0.4, 0.5) is 5.69 Å². The molecule has 2 aromatic carbocycles. The van der Waals surface area contributed by atoms with Crippen LogP contribution in [-0.2, 0) is 6.54 Å². The Bertz CT molecular complexity index is 1120. The highest BCUT2D eigenvalue weighted by molar-refractivity contribution is 7.99. The first kappa shape index (κ1) is 18.9. The van der Waals surface area contributed by atoms with E-state index in [1.54, 1.807) is 34.5 Å². The molecule has 0 saturated carbocycles. The first-order valence-corrected chi connectivity index (χ1v) is 9.87. The molecule has 0 aliphatic heterocycles. The van der Waals surface area contributed by atoms with Gasteiger partial charge in [0.1, 0.15) is 0 Å². The number of thiazole rings is 1. The van der Waals surface area contributed by atoms with E-state index in [0.717, 1.165) is 10.6 Å². The first-order valence-electron chi connectivity index (χ1n) is 8.06. The van der Waals surface area contributed by atoms with Crippen molar-refractivity contribution in [3.05, 3.63) is 62.9 Å². The summed E-state index contributed by atoms with van der Waals surface area (Å²) in [5.41, 5.74) is 1.18. The number of nitrogens with zero attached hydrogens (tertiary/aromatic N) is 3. The molecule has 0 saturated heterocycles. The minimum atomic E-state index is -0.456. The molecule has 27 heavy (non-hydrogen) atoms. The maximum absolute atomic E-state index is 12.6. The zero-order valence-corrected chi connectivity index (χ0v) is 16.0. The van der Waals surface area contributed by atoms with Crippen LogP contribution in [-0.4, -0.2) is 21.2 Å². The number of nitro benzene ring substituents is 1. The van der Waals surface area contributed by atoms with Crippen LogP contribution in [0.2, 0.25) is 0 Å². The topological polar surface area (TPSA) is 77.5 Å².